The summed E-state index contributed by atoms with van der Waals surface area (Å²) in [6.07, 6.45) is 0.827. The zero-order valence-electron chi connectivity index (χ0n) is 8.09. The third-order valence-corrected chi connectivity index (χ3v) is 2.37. The standard InChI is InChI=1S/C11H12N2O2/c12-6-10(15)7-4-5-13-11-8(7)2-1-3-9(11)14/h1-5,10,14-15H,6,12H2/t10-/m0/s1. The highest BCUT2D eigenvalue weighted by Crippen LogP contribution is 2.27. The molecule has 1 heterocycles. The molecule has 0 aliphatic carbocycles. The fourth-order valence-electron chi connectivity index (χ4n) is 1.60. The molecule has 0 aliphatic heterocycles. The van der Waals surface area contributed by atoms with Crippen molar-refractivity contribution in [3.63, 3.8) is 0 Å². The Morgan fingerprint density at radius 3 is 2.87 bits per heavy atom. The Kier molecular flexibility index (Phi) is 2.53. The van der Waals surface area contributed by atoms with Crippen molar-refractivity contribution >= 4 is 10.9 Å². The largest absolute Gasteiger partial charge is 0.506 e. The van der Waals surface area contributed by atoms with Crippen molar-refractivity contribution in [2.45, 2.75) is 6.10 Å². The van der Waals surface area contributed by atoms with Crippen LogP contribution in [0.25, 0.3) is 10.9 Å². The number of rotatable bonds is 2. The lowest BCUT2D eigenvalue weighted by Crippen LogP contribution is -2.11. The SMILES string of the molecule is NC[C@H](O)c1ccnc2c(O)cccc12. The van der Waals surface area contributed by atoms with Gasteiger partial charge < -0.3 is 15.9 Å². The lowest BCUT2D eigenvalue weighted by Gasteiger charge is -2.11. The Labute approximate surface area is 87.0 Å². The van der Waals surface area contributed by atoms with E-state index in [1.165, 1.54) is 0 Å². The Balaban J connectivity index is 2.71. The number of nitrogens with zero attached hydrogens (tertiary/aromatic N) is 1. The quantitative estimate of drug-likeness (QED) is 0.680. The summed E-state index contributed by atoms with van der Waals surface area (Å²) in [6, 6.07) is 6.79. The van der Waals surface area contributed by atoms with E-state index in [0.29, 0.717) is 11.1 Å². The van der Waals surface area contributed by atoms with Crippen molar-refractivity contribution in [1.29, 1.82) is 0 Å². The van der Waals surface area contributed by atoms with Gasteiger partial charge >= 0.3 is 0 Å². The number of phenols is 1. The molecule has 2 rings (SSSR count). The van der Waals surface area contributed by atoms with E-state index >= 15 is 0 Å². The molecule has 4 nitrogen and oxygen atoms in total. The number of aliphatic hydroxyl groups is 1. The first-order valence-corrected chi connectivity index (χ1v) is 4.68. The zero-order chi connectivity index (χ0) is 10.8. The average Bonchev–Trinajstić information content (AvgIpc) is 2.28. The molecule has 0 spiro atoms. The summed E-state index contributed by atoms with van der Waals surface area (Å²) in [5.74, 6) is 0.110. The van der Waals surface area contributed by atoms with Gasteiger partial charge in [0.1, 0.15) is 11.3 Å². The van der Waals surface area contributed by atoms with Crippen LogP contribution in [-0.4, -0.2) is 21.7 Å². The number of aromatic hydroxyl groups is 1. The van der Waals surface area contributed by atoms with Gasteiger partial charge in [0, 0.05) is 18.1 Å². The van der Waals surface area contributed by atoms with Crippen molar-refractivity contribution in [1.82, 2.24) is 4.98 Å². The van der Waals surface area contributed by atoms with Crippen LogP contribution >= 0.6 is 0 Å². The van der Waals surface area contributed by atoms with E-state index in [1.54, 1.807) is 30.5 Å². The highest BCUT2D eigenvalue weighted by Gasteiger charge is 2.11. The zero-order valence-corrected chi connectivity index (χ0v) is 8.09. The third-order valence-electron chi connectivity index (χ3n) is 2.37. The summed E-state index contributed by atoms with van der Waals surface area (Å²) < 4.78 is 0. The van der Waals surface area contributed by atoms with Gasteiger partial charge in [0.05, 0.1) is 6.10 Å². The first-order chi connectivity index (χ1) is 7.24. The maximum atomic E-state index is 9.68. The minimum Gasteiger partial charge on any atom is -0.506 e. The number of benzene rings is 1. The molecule has 4 heteroatoms. The maximum absolute atomic E-state index is 9.68. The first kappa shape index (κ1) is 9.89. The second-order valence-corrected chi connectivity index (χ2v) is 3.32. The number of fused-ring (bicyclic) bond motifs is 1. The number of para-hydroxylation sites is 1. The van der Waals surface area contributed by atoms with Crippen LogP contribution in [0.4, 0.5) is 0 Å². The summed E-state index contributed by atoms with van der Waals surface area (Å²) in [6.45, 7) is 0.148. The monoisotopic (exact) mass is 204 g/mol. The molecule has 78 valence electrons. The van der Waals surface area contributed by atoms with Crippen LogP contribution < -0.4 is 5.73 Å². The molecule has 2 aromatic rings. The molecule has 1 atom stereocenters. The van der Waals surface area contributed by atoms with Crippen molar-refractivity contribution in [3.8, 4) is 5.75 Å². The third kappa shape index (κ3) is 1.65. The Hall–Kier alpha value is -1.65. The second kappa shape index (κ2) is 3.84. The minimum absolute atomic E-state index is 0.110. The van der Waals surface area contributed by atoms with E-state index in [2.05, 4.69) is 4.98 Å². The van der Waals surface area contributed by atoms with E-state index in [1.807, 2.05) is 0 Å². The molecule has 1 aromatic carbocycles. The van der Waals surface area contributed by atoms with Crippen LogP contribution in [-0.2, 0) is 0 Å². The molecule has 1 aromatic heterocycles. The Bertz CT molecular complexity index is 485. The second-order valence-electron chi connectivity index (χ2n) is 3.32. The number of aromatic nitrogens is 1. The van der Waals surface area contributed by atoms with Gasteiger partial charge in [-0.1, -0.05) is 12.1 Å². The normalized spacial score (nSPS) is 12.9. The molecule has 0 bridgehead atoms. The van der Waals surface area contributed by atoms with Crippen molar-refractivity contribution in [3.05, 3.63) is 36.0 Å². The number of pyridine rings is 1. The molecule has 0 unspecified atom stereocenters. The molecule has 0 amide bonds. The Morgan fingerprint density at radius 2 is 2.13 bits per heavy atom. The number of phenolic OH excluding ortho intramolecular Hbond substituents is 1. The van der Waals surface area contributed by atoms with Gasteiger partial charge in [0.15, 0.2) is 0 Å². The van der Waals surface area contributed by atoms with Crippen LogP contribution in [0, 0.1) is 0 Å². The van der Waals surface area contributed by atoms with E-state index in [0.717, 1.165) is 5.39 Å². The first-order valence-electron chi connectivity index (χ1n) is 4.68. The van der Waals surface area contributed by atoms with Crippen LogP contribution in [0.1, 0.15) is 11.7 Å². The molecule has 0 radical (unpaired) electrons. The van der Waals surface area contributed by atoms with Crippen LogP contribution in [0.2, 0.25) is 0 Å². The number of hydrogen-bond donors (Lipinski definition) is 3. The van der Waals surface area contributed by atoms with Crippen molar-refractivity contribution < 1.29 is 10.2 Å². The highest BCUT2D eigenvalue weighted by atomic mass is 16.3. The summed E-state index contributed by atoms with van der Waals surface area (Å²) in [7, 11) is 0. The van der Waals surface area contributed by atoms with E-state index < -0.39 is 6.10 Å². The van der Waals surface area contributed by atoms with Crippen LogP contribution in [0.5, 0.6) is 5.75 Å². The number of nitrogens with two attached hydrogens (primary N) is 1. The summed E-state index contributed by atoms with van der Waals surface area (Å²) in [5.41, 5.74) is 6.58. The summed E-state index contributed by atoms with van der Waals surface area (Å²) in [4.78, 5) is 4.06. The van der Waals surface area contributed by atoms with Gasteiger partial charge in [0.25, 0.3) is 0 Å². The van der Waals surface area contributed by atoms with Crippen molar-refractivity contribution in [2.24, 2.45) is 5.73 Å². The Morgan fingerprint density at radius 1 is 1.33 bits per heavy atom. The molecular weight excluding hydrogens is 192 g/mol. The van der Waals surface area contributed by atoms with Gasteiger partial charge in [-0.25, -0.2) is 0 Å². The number of hydrogen-bond acceptors (Lipinski definition) is 4. The molecule has 0 saturated carbocycles. The van der Waals surface area contributed by atoms with Gasteiger partial charge in [-0.15, -0.1) is 0 Å². The van der Waals surface area contributed by atoms with Gasteiger partial charge in [-0.2, -0.15) is 0 Å². The molecule has 4 N–H and O–H groups in total. The van der Waals surface area contributed by atoms with E-state index in [4.69, 9.17) is 5.73 Å². The summed E-state index contributed by atoms with van der Waals surface area (Å²) >= 11 is 0. The fourth-order valence-corrected chi connectivity index (χ4v) is 1.60. The molecule has 0 saturated heterocycles. The molecular formula is C11H12N2O2. The van der Waals surface area contributed by atoms with Crippen LogP contribution in [0.15, 0.2) is 30.5 Å². The minimum atomic E-state index is -0.725. The highest BCUT2D eigenvalue weighted by molar-refractivity contribution is 5.87. The predicted octanol–water partition coefficient (Wildman–Crippen LogP) is 0.932. The van der Waals surface area contributed by atoms with Gasteiger partial charge in [-0.3, -0.25) is 4.98 Å². The van der Waals surface area contributed by atoms with Crippen LogP contribution in [0.3, 0.4) is 0 Å². The predicted molar refractivity (Wildman–Crippen MR) is 57.4 cm³/mol. The lowest BCUT2D eigenvalue weighted by atomic mass is 10.0. The summed E-state index contributed by atoms with van der Waals surface area (Å²) in [5, 5.41) is 20.0. The van der Waals surface area contributed by atoms with Gasteiger partial charge in [-0.05, 0) is 17.7 Å². The van der Waals surface area contributed by atoms with Crippen molar-refractivity contribution in [2.75, 3.05) is 6.54 Å². The smallest absolute Gasteiger partial charge is 0.141 e. The lowest BCUT2D eigenvalue weighted by molar-refractivity contribution is 0.188. The molecule has 15 heavy (non-hydrogen) atoms. The topological polar surface area (TPSA) is 79.4 Å². The maximum Gasteiger partial charge on any atom is 0.141 e. The fraction of sp³-hybridized carbons (Fsp3) is 0.182. The molecule has 0 fully saturated rings. The van der Waals surface area contributed by atoms with E-state index in [-0.39, 0.29) is 12.3 Å². The molecule has 0 aliphatic rings. The number of aliphatic hydroxyl groups excluding tert-OH is 1. The van der Waals surface area contributed by atoms with E-state index in [9.17, 15) is 10.2 Å². The van der Waals surface area contributed by atoms with Gasteiger partial charge in [0.2, 0.25) is 0 Å². The average molecular weight is 204 g/mol.